The van der Waals surface area contributed by atoms with Crippen LogP contribution in [0, 0.1) is 19.8 Å². The number of nitrogens with one attached hydrogen (secondary N) is 1. The van der Waals surface area contributed by atoms with Crippen molar-refractivity contribution in [3.05, 3.63) is 59.4 Å². The van der Waals surface area contributed by atoms with E-state index in [1.807, 2.05) is 36.1 Å². The number of piperidine rings is 1. The van der Waals surface area contributed by atoms with E-state index in [2.05, 4.69) is 24.1 Å². The van der Waals surface area contributed by atoms with Gasteiger partial charge in [-0.2, -0.15) is 0 Å². The first-order valence-corrected chi connectivity index (χ1v) is 10.6. The number of nitrogens with zero attached hydrogens (tertiary/aromatic N) is 2. The van der Waals surface area contributed by atoms with Gasteiger partial charge in [-0.3, -0.25) is 14.6 Å². The molecule has 0 saturated carbocycles. The van der Waals surface area contributed by atoms with E-state index in [-0.39, 0.29) is 23.3 Å². The average Bonchev–Trinajstić information content (AvgIpc) is 3.18. The van der Waals surface area contributed by atoms with Gasteiger partial charge >= 0.3 is 0 Å². The smallest absolute Gasteiger partial charge is 0.253 e. The molecule has 2 amide bonds. The standard InChI is InChI=1S/C24H29N3O3/c1-16-6-7-19(13-17(16)2)23(29)27-12-10-24(18(3)15-27)9-8-21(30-24)22(28)26-20-5-4-11-25-14-20/h4-7,11,13-14,18,21H,8-10,12,15H2,1-3H3,(H,26,28)/t18-,21+,24+/m0/s1. The highest BCUT2D eigenvalue weighted by Crippen LogP contribution is 2.42. The molecule has 6 nitrogen and oxygen atoms in total. The Morgan fingerprint density at radius 1 is 1.20 bits per heavy atom. The highest BCUT2D eigenvalue weighted by atomic mass is 16.5. The van der Waals surface area contributed by atoms with E-state index in [1.165, 1.54) is 5.56 Å². The number of aryl methyl sites for hydroxylation is 2. The van der Waals surface area contributed by atoms with Gasteiger partial charge in [0.15, 0.2) is 0 Å². The summed E-state index contributed by atoms with van der Waals surface area (Å²) in [4.78, 5) is 31.6. The number of aromatic nitrogens is 1. The first kappa shape index (κ1) is 20.5. The van der Waals surface area contributed by atoms with Crippen molar-refractivity contribution in [2.24, 2.45) is 5.92 Å². The topological polar surface area (TPSA) is 71.5 Å². The van der Waals surface area contributed by atoms with Gasteiger partial charge in [0.05, 0.1) is 17.5 Å². The van der Waals surface area contributed by atoms with E-state index in [1.54, 1.807) is 18.5 Å². The van der Waals surface area contributed by atoms with Crippen molar-refractivity contribution < 1.29 is 14.3 Å². The van der Waals surface area contributed by atoms with Crippen LogP contribution < -0.4 is 5.32 Å². The van der Waals surface area contributed by atoms with Gasteiger partial charge in [-0.1, -0.05) is 13.0 Å². The molecule has 1 aromatic heterocycles. The van der Waals surface area contributed by atoms with Crippen molar-refractivity contribution in [2.45, 2.75) is 51.7 Å². The number of amides is 2. The Morgan fingerprint density at radius 2 is 2.03 bits per heavy atom. The van der Waals surface area contributed by atoms with Gasteiger partial charge in [-0.25, -0.2) is 0 Å². The summed E-state index contributed by atoms with van der Waals surface area (Å²) in [6, 6.07) is 9.48. The van der Waals surface area contributed by atoms with Crippen LogP contribution in [0.3, 0.4) is 0 Å². The molecule has 2 fully saturated rings. The lowest BCUT2D eigenvalue weighted by atomic mass is 9.80. The average molecular weight is 408 g/mol. The molecular formula is C24H29N3O3. The summed E-state index contributed by atoms with van der Waals surface area (Å²) in [7, 11) is 0. The Bertz CT molecular complexity index is 946. The molecule has 2 saturated heterocycles. The number of benzene rings is 1. The molecule has 1 spiro atoms. The molecule has 158 valence electrons. The van der Waals surface area contributed by atoms with E-state index < -0.39 is 6.10 Å². The Morgan fingerprint density at radius 3 is 2.73 bits per heavy atom. The van der Waals surface area contributed by atoms with Crippen LogP contribution in [-0.4, -0.2) is 46.5 Å². The molecule has 2 aliphatic heterocycles. The zero-order valence-electron chi connectivity index (χ0n) is 17.9. The minimum atomic E-state index is -0.463. The Labute approximate surface area is 177 Å². The van der Waals surface area contributed by atoms with Gasteiger partial charge in [0.1, 0.15) is 6.10 Å². The fraction of sp³-hybridized carbons (Fsp3) is 0.458. The van der Waals surface area contributed by atoms with Crippen molar-refractivity contribution in [1.29, 1.82) is 0 Å². The summed E-state index contributed by atoms with van der Waals surface area (Å²) in [5.41, 5.74) is 3.39. The largest absolute Gasteiger partial charge is 0.362 e. The molecule has 3 heterocycles. The van der Waals surface area contributed by atoms with Gasteiger partial charge in [0.25, 0.3) is 11.8 Å². The second-order valence-electron chi connectivity index (χ2n) is 8.64. The molecule has 0 radical (unpaired) electrons. The van der Waals surface area contributed by atoms with Gasteiger partial charge in [-0.05, 0) is 68.5 Å². The lowest BCUT2D eigenvalue weighted by molar-refractivity contribution is -0.141. The molecule has 2 aromatic rings. The summed E-state index contributed by atoms with van der Waals surface area (Å²) in [6.07, 6.45) is 5.12. The maximum absolute atomic E-state index is 13.0. The molecule has 1 N–H and O–H groups in total. The van der Waals surface area contributed by atoms with Crippen molar-refractivity contribution in [2.75, 3.05) is 18.4 Å². The van der Waals surface area contributed by atoms with Crippen LogP contribution in [0.4, 0.5) is 5.69 Å². The Hall–Kier alpha value is -2.73. The molecule has 1 aromatic carbocycles. The monoisotopic (exact) mass is 407 g/mol. The SMILES string of the molecule is Cc1ccc(C(=O)N2CC[C@]3(CC[C@H](C(=O)Nc4cccnc4)O3)[C@@H](C)C2)cc1C. The van der Waals surface area contributed by atoms with Crippen molar-refractivity contribution in [3.8, 4) is 0 Å². The summed E-state index contributed by atoms with van der Waals surface area (Å²) >= 11 is 0. The molecule has 30 heavy (non-hydrogen) atoms. The number of likely N-dealkylation sites (tertiary alicyclic amines) is 1. The van der Waals surface area contributed by atoms with Crippen LogP contribution in [-0.2, 0) is 9.53 Å². The molecule has 2 aliphatic rings. The quantitative estimate of drug-likeness (QED) is 0.841. The number of anilines is 1. The molecule has 6 heteroatoms. The number of pyridine rings is 1. The number of ether oxygens (including phenoxy) is 1. The number of hydrogen-bond donors (Lipinski definition) is 1. The summed E-state index contributed by atoms with van der Waals surface area (Å²) in [5, 5.41) is 2.89. The third-order valence-corrected chi connectivity index (χ3v) is 6.67. The van der Waals surface area contributed by atoms with Crippen LogP contribution in [0.1, 0.15) is 47.7 Å². The minimum absolute atomic E-state index is 0.0728. The van der Waals surface area contributed by atoms with Gasteiger partial charge in [-0.15, -0.1) is 0 Å². The Balaban J connectivity index is 1.38. The van der Waals surface area contributed by atoms with E-state index in [4.69, 9.17) is 4.74 Å². The van der Waals surface area contributed by atoms with Crippen LogP contribution >= 0.6 is 0 Å². The molecule has 3 atom stereocenters. The third-order valence-electron chi connectivity index (χ3n) is 6.67. The first-order valence-electron chi connectivity index (χ1n) is 10.6. The summed E-state index contributed by atoms with van der Waals surface area (Å²) < 4.78 is 6.33. The van der Waals surface area contributed by atoms with Crippen molar-refractivity contribution >= 4 is 17.5 Å². The lowest BCUT2D eigenvalue weighted by Gasteiger charge is -2.44. The molecular weight excluding hydrogens is 378 g/mol. The number of carbonyl (C=O) groups is 2. The van der Waals surface area contributed by atoms with E-state index in [0.717, 1.165) is 24.0 Å². The number of rotatable bonds is 3. The van der Waals surface area contributed by atoms with Crippen LogP contribution in [0.25, 0.3) is 0 Å². The van der Waals surface area contributed by atoms with E-state index in [9.17, 15) is 9.59 Å². The highest BCUT2D eigenvalue weighted by molar-refractivity contribution is 5.95. The maximum Gasteiger partial charge on any atom is 0.253 e. The van der Waals surface area contributed by atoms with Gasteiger partial charge in [0, 0.05) is 30.8 Å². The normalized spacial score (nSPS) is 26.0. The zero-order chi connectivity index (χ0) is 21.3. The maximum atomic E-state index is 13.0. The molecule has 0 aliphatic carbocycles. The van der Waals surface area contributed by atoms with Crippen molar-refractivity contribution in [1.82, 2.24) is 9.88 Å². The second-order valence-corrected chi connectivity index (χ2v) is 8.64. The fourth-order valence-corrected chi connectivity index (χ4v) is 4.57. The van der Waals surface area contributed by atoms with Gasteiger partial charge < -0.3 is 15.0 Å². The van der Waals surface area contributed by atoms with E-state index >= 15 is 0 Å². The lowest BCUT2D eigenvalue weighted by Crippen LogP contribution is -2.52. The fourth-order valence-electron chi connectivity index (χ4n) is 4.57. The van der Waals surface area contributed by atoms with Crippen LogP contribution in [0.2, 0.25) is 0 Å². The number of hydrogen-bond acceptors (Lipinski definition) is 4. The first-order chi connectivity index (χ1) is 14.4. The van der Waals surface area contributed by atoms with Crippen molar-refractivity contribution in [3.63, 3.8) is 0 Å². The zero-order valence-corrected chi connectivity index (χ0v) is 17.9. The van der Waals surface area contributed by atoms with Crippen LogP contribution in [0.15, 0.2) is 42.7 Å². The summed E-state index contributed by atoms with van der Waals surface area (Å²) in [5.74, 6) is 0.113. The van der Waals surface area contributed by atoms with Gasteiger partial charge in [0.2, 0.25) is 0 Å². The summed E-state index contributed by atoms with van der Waals surface area (Å²) in [6.45, 7) is 7.49. The predicted molar refractivity (Wildman–Crippen MR) is 115 cm³/mol. The Kier molecular flexibility index (Phi) is 5.60. The highest BCUT2D eigenvalue weighted by Gasteiger charge is 2.49. The van der Waals surface area contributed by atoms with Crippen LogP contribution in [0.5, 0.6) is 0 Å². The molecule has 4 rings (SSSR count). The van der Waals surface area contributed by atoms with E-state index in [0.29, 0.717) is 25.2 Å². The number of carbonyl (C=O) groups excluding carboxylic acids is 2. The third kappa shape index (κ3) is 3.97. The predicted octanol–water partition coefficient (Wildman–Crippen LogP) is 3.74. The molecule has 0 unspecified atom stereocenters. The molecule has 0 bridgehead atoms. The minimum Gasteiger partial charge on any atom is -0.362 e. The second kappa shape index (κ2) is 8.19.